The predicted molar refractivity (Wildman–Crippen MR) is 112 cm³/mol. The summed E-state index contributed by atoms with van der Waals surface area (Å²) in [6.45, 7) is 2.58. The maximum Gasteiger partial charge on any atom is 0.279 e. The number of anilines is 2. The van der Waals surface area contributed by atoms with Crippen LogP contribution in [0.1, 0.15) is 25.3 Å². The second-order valence-electron chi connectivity index (χ2n) is 6.94. The van der Waals surface area contributed by atoms with Crippen molar-refractivity contribution in [2.75, 3.05) is 37.9 Å². The number of methoxy groups -OCH3 is 1. The number of unbranched alkanes of at least 4 members (excludes halogenated alkanes) is 1. The van der Waals surface area contributed by atoms with Crippen LogP contribution in [0.5, 0.6) is 5.75 Å². The Morgan fingerprint density at radius 1 is 0.964 bits per heavy atom. The zero-order chi connectivity index (χ0) is 20.4. The number of ether oxygens (including phenoxy) is 1. The number of amides is 2. The van der Waals surface area contributed by atoms with Crippen molar-refractivity contribution in [1.29, 1.82) is 0 Å². The fourth-order valence-electron chi connectivity index (χ4n) is 2.86. The molecule has 0 saturated carbocycles. The molecule has 28 heavy (non-hydrogen) atoms. The number of quaternary nitrogens is 1. The van der Waals surface area contributed by atoms with Crippen LogP contribution >= 0.6 is 0 Å². The average molecular weight is 385 g/mol. The van der Waals surface area contributed by atoms with Crippen LogP contribution in [-0.4, -0.2) is 39.1 Å². The molecule has 0 aliphatic carbocycles. The molecule has 1 atom stereocenters. The molecule has 2 amide bonds. The Hall–Kier alpha value is -2.86. The second kappa shape index (κ2) is 11.1. The number of rotatable bonds is 10. The molecule has 2 aromatic carbocycles. The van der Waals surface area contributed by atoms with E-state index in [9.17, 15) is 9.59 Å². The van der Waals surface area contributed by atoms with Gasteiger partial charge >= 0.3 is 0 Å². The van der Waals surface area contributed by atoms with Gasteiger partial charge in [0.1, 0.15) is 5.75 Å². The van der Waals surface area contributed by atoms with Gasteiger partial charge < -0.3 is 20.3 Å². The van der Waals surface area contributed by atoms with Crippen molar-refractivity contribution in [2.24, 2.45) is 0 Å². The van der Waals surface area contributed by atoms with Gasteiger partial charge in [0.15, 0.2) is 13.1 Å². The summed E-state index contributed by atoms with van der Waals surface area (Å²) in [6, 6.07) is 15.1. The van der Waals surface area contributed by atoms with E-state index >= 15 is 0 Å². The van der Waals surface area contributed by atoms with Gasteiger partial charge in [-0.1, -0.05) is 31.5 Å². The molecule has 0 aliphatic rings. The first-order valence-electron chi connectivity index (χ1n) is 9.64. The largest absolute Gasteiger partial charge is 0.497 e. The monoisotopic (exact) mass is 384 g/mol. The van der Waals surface area contributed by atoms with Crippen LogP contribution in [0.2, 0.25) is 0 Å². The standard InChI is InChI=1S/C22H29N3O3/c1-4-5-7-17-10-12-18(13-11-17)23-21(26)15-25(2)16-22(27)24-19-8-6-9-20(14-19)28-3/h6,8-14H,4-5,7,15-16H2,1-3H3,(H,23,26)(H,24,27)/p+1. The van der Waals surface area contributed by atoms with Crippen LogP contribution in [0, 0.1) is 0 Å². The number of likely N-dealkylation sites (N-methyl/N-ethyl adjacent to an activating group) is 1. The number of hydrogen-bond donors (Lipinski definition) is 3. The summed E-state index contributed by atoms with van der Waals surface area (Å²) in [5.74, 6) is 0.408. The Balaban J connectivity index is 1.77. The van der Waals surface area contributed by atoms with Crippen molar-refractivity contribution >= 4 is 23.2 Å². The molecule has 0 fully saturated rings. The minimum Gasteiger partial charge on any atom is -0.497 e. The topological polar surface area (TPSA) is 71.9 Å². The lowest BCUT2D eigenvalue weighted by Crippen LogP contribution is -3.11. The van der Waals surface area contributed by atoms with Gasteiger partial charge in [-0.2, -0.15) is 0 Å². The van der Waals surface area contributed by atoms with Crippen molar-refractivity contribution in [1.82, 2.24) is 0 Å². The summed E-state index contributed by atoms with van der Waals surface area (Å²) in [7, 11) is 3.40. The fraction of sp³-hybridized carbons (Fsp3) is 0.364. The van der Waals surface area contributed by atoms with Crippen molar-refractivity contribution in [2.45, 2.75) is 26.2 Å². The molecule has 0 saturated heterocycles. The van der Waals surface area contributed by atoms with Crippen LogP contribution in [0.3, 0.4) is 0 Å². The molecule has 2 aromatic rings. The van der Waals surface area contributed by atoms with Crippen LogP contribution in [0.4, 0.5) is 11.4 Å². The van der Waals surface area contributed by atoms with E-state index in [1.807, 2.05) is 43.4 Å². The highest BCUT2D eigenvalue weighted by atomic mass is 16.5. The third-order valence-corrected chi connectivity index (χ3v) is 4.33. The molecule has 0 aromatic heterocycles. The lowest BCUT2D eigenvalue weighted by Gasteiger charge is -2.14. The van der Waals surface area contributed by atoms with E-state index in [2.05, 4.69) is 17.6 Å². The van der Waals surface area contributed by atoms with Gasteiger partial charge in [-0.15, -0.1) is 0 Å². The summed E-state index contributed by atoms with van der Waals surface area (Å²) in [5.41, 5.74) is 2.72. The minimum atomic E-state index is -0.154. The lowest BCUT2D eigenvalue weighted by molar-refractivity contribution is -0.862. The average Bonchev–Trinajstić information content (AvgIpc) is 2.67. The van der Waals surface area contributed by atoms with Gasteiger partial charge in [-0.25, -0.2) is 0 Å². The second-order valence-corrected chi connectivity index (χ2v) is 6.94. The maximum atomic E-state index is 12.2. The minimum absolute atomic E-state index is 0.118. The first-order valence-corrected chi connectivity index (χ1v) is 9.64. The molecule has 0 spiro atoms. The summed E-state index contributed by atoms with van der Waals surface area (Å²) < 4.78 is 5.14. The highest BCUT2D eigenvalue weighted by Gasteiger charge is 2.14. The summed E-state index contributed by atoms with van der Waals surface area (Å²) in [6.07, 6.45) is 3.39. The highest BCUT2D eigenvalue weighted by molar-refractivity contribution is 5.93. The summed E-state index contributed by atoms with van der Waals surface area (Å²) >= 11 is 0. The molecule has 0 aliphatic heterocycles. The van der Waals surface area contributed by atoms with Crippen molar-refractivity contribution in [3.63, 3.8) is 0 Å². The Labute approximate surface area is 166 Å². The molecule has 3 N–H and O–H groups in total. The number of benzene rings is 2. The fourth-order valence-corrected chi connectivity index (χ4v) is 2.86. The Bertz CT molecular complexity index is 775. The molecule has 6 heteroatoms. The van der Waals surface area contributed by atoms with Crippen LogP contribution in [0.15, 0.2) is 48.5 Å². The molecule has 0 bridgehead atoms. The van der Waals surface area contributed by atoms with Gasteiger partial charge in [0.2, 0.25) is 0 Å². The van der Waals surface area contributed by atoms with E-state index in [-0.39, 0.29) is 24.9 Å². The quantitative estimate of drug-likeness (QED) is 0.588. The van der Waals surface area contributed by atoms with Gasteiger partial charge in [0.05, 0.1) is 14.2 Å². The van der Waals surface area contributed by atoms with Gasteiger partial charge in [0, 0.05) is 17.4 Å². The van der Waals surface area contributed by atoms with Gasteiger partial charge in [-0.05, 0) is 42.7 Å². The summed E-state index contributed by atoms with van der Waals surface area (Å²) in [5, 5.41) is 5.71. The maximum absolute atomic E-state index is 12.2. The van der Waals surface area contributed by atoms with E-state index in [1.165, 1.54) is 12.0 Å². The predicted octanol–water partition coefficient (Wildman–Crippen LogP) is 2.13. The zero-order valence-corrected chi connectivity index (χ0v) is 16.9. The summed E-state index contributed by atoms with van der Waals surface area (Å²) in [4.78, 5) is 25.2. The molecule has 0 heterocycles. The highest BCUT2D eigenvalue weighted by Crippen LogP contribution is 2.16. The molecular formula is C22H30N3O3+. The first-order chi connectivity index (χ1) is 13.5. The van der Waals surface area contributed by atoms with Crippen LogP contribution in [-0.2, 0) is 16.0 Å². The smallest absolute Gasteiger partial charge is 0.279 e. The molecule has 1 unspecified atom stereocenters. The third-order valence-electron chi connectivity index (χ3n) is 4.33. The van der Waals surface area contributed by atoms with Crippen molar-refractivity contribution < 1.29 is 19.2 Å². The molecular weight excluding hydrogens is 354 g/mol. The number of nitrogens with one attached hydrogen (secondary N) is 3. The number of aryl methyl sites for hydroxylation is 1. The number of carbonyl (C=O) groups excluding carboxylic acids is 2. The van der Waals surface area contributed by atoms with E-state index in [0.717, 1.165) is 23.4 Å². The third kappa shape index (κ3) is 7.40. The molecule has 0 radical (unpaired) electrons. The van der Waals surface area contributed by atoms with E-state index in [4.69, 9.17) is 4.74 Å². The van der Waals surface area contributed by atoms with Crippen LogP contribution < -0.4 is 20.3 Å². The van der Waals surface area contributed by atoms with Crippen molar-refractivity contribution in [3.05, 3.63) is 54.1 Å². The number of hydrogen-bond acceptors (Lipinski definition) is 3. The van der Waals surface area contributed by atoms with E-state index in [0.29, 0.717) is 11.4 Å². The molecule has 2 rings (SSSR count). The first kappa shape index (κ1) is 21.4. The van der Waals surface area contributed by atoms with Gasteiger partial charge in [-0.3, -0.25) is 9.59 Å². The number of carbonyl (C=O) groups is 2. The SMILES string of the molecule is CCCCc1ccc(NC(=O)C[NH+](C)CC(=O)Nc2cccc(OC)c2)cc1. The van der Waals surface area contributed by atoms with Crippen LogP contribution in [0.25, 0.3) is 0 Å². The molecule has 6 nitrogen and oxygen atoms in total. The Morgan fingerprint density at radius 2 is 1.61 bits per heavy atom. The zero-order valence-electron chi connectivity index (χ0n) is 16.9. The van der Waals surface area contributed by atoms with E-state index in [1.54, 1.807) is 19.2 Å². The Morgan fingerprint density at radius 3 is 2.21 bits per heavy atom. The lowest BCUT2D eigenvalue weighted by atomic mass is 10.1. The van der Waals surface area contributed by atoms with E-state index < -0.39 is 0 Å². The van der Waals surface area contributed by atoms with Gasteiger partial charge in [0.25, 0.3) is 11.8 Å². The van der Waals surface area contributed by atoms with Crippen molar-refractivity contribution in [3.8, 4) is 5.75 Å². The Kier molecular flexibility index (Phi) is 8.49. The normalized spacial score (nSPS) is 11.5. The molecule has 150 valence electrons.